The van der Waals surface area contributed by atoms with E-state index in [0.29, 0.717) is 10.6 Å². The van der Waals surface area contributed by atoms with Crippen LogP contribution in [0.15, 0.2) is 18.2 Å². The van der Waals surface area contributed by atoms with Gasteiger partial charge in [-0.3, -0.25) is 0 Å². The van der Waals surface area contributed by atoms with E-state index in [1.54, 1.807) is 19.2 Å². The van der Waals surface area contributed by atoms with Crippen LogP contribution in [0.4, 0.5) is 0 Å². The molecule has 0 radical (unpaired) electrons. The van der Waals surface area contributed by atoms with Crippen molar-refractivity contribution >= 4 is 15.9 Å². The Hall–Kier alpha value is -0.700. The van der Waals surface area contributed by atoms with Crippen molar-refractivity contribution in [2.24, 2.45) is 0 Å². The molecule has 0 spiro atoms. The van der Waals surface area contributed by atoms with Crippen molar-refractivity contribution in [1.29, 1.82) is 0 Å². The summed E-state index contributed by atoms with van der Waals surface area (Å²) in [7, 11) is 1.54. The Morgan fingerprint density at radius 2 is 2.23 bits per heavy atom. The number of hydrogen-bond donors (Lipinski definition) is 1. The largest absolute Gasteiger partial charge is 0.504 e. The summed E-state index contributed by atoms with van der Waals surface area (Å²) in [5.41, 5.74) is 1.10. The number of ether oxygens (including phenoxy) is 1. The van der Waals surface area contributed by atoms with Gasteiger partial charge in [0.2, 0.25) is 0 Å². The number of benzene rings is 1. The summed E-state index contributed by atoms with van der Waals surface area (Å²) in [5, 5.41) is 9.46. The molecule has 72 valence electrons. The average molecular weight is 245 g/mol. The molecule has 0 aromatic heterocycles. The van der Waals surface area contributed by atoms with Crippen LogP contribution < -0.4 is 4.74 Å². The fraction of sp³-hybridized carbons (Fsp3) is 0.400. The zero-order valence-corrected chi connectivity index (χ0v) is 9.34. The Morgan fingerprint density at radius 1 is 1.54 bits per heavy atom. The smallest absolute Gasteiger partial charge is 0.160 e. The second-order valence-electron chi connectivity index (χ2n) is 2.99. The third-order valence-corrected chi connectivity index (χ3v) is 2.08. The van der Waals surface area contributed by atoms with Gasteiger partial charge < -0.3 is 9.84 Å². The first-order chi connectivity index (χ1) is 6.13. The number of rotatable bonds is 3. The standard InChI is InChI=1S/C10H13BrO2/c1-7(11)5-8-3-4-10(13-2)9(12)6-8/h3-4,6-7,12H,5H2,1-2H3. The maximum absolute atomic E-state index is 9.46. The van der Waals surface area contributed by atoms with Crippen LogP contribution in [-0.2, 0) is 6.42 Å². The summed E-state index contributed by atoms with van der Waals surface area (Å²) < 4.78 is 4.94. The molecule has 0 bridgehead atoms. The number of phenolic OH excluding ortho intramolecular Hbond substituents is 1. The molecule has 0 saturated heterocycles. The van der Waals surface area contributed by atoms with Crippen molar-refractivity contribution in [2.45, 2.75) is 18.2 Å². The van der Waals surface area contributed by atoms with Crippen LogP contribution in [0.25, 0.3) is 0 Å². The van der Waals surface area contributed by atoms with Gasteiger partial charge in [0.05, 0.1) is 7.11 Å². The van der Waals surface area contributed by atoms with Gasteiger partial charge in [0.1, 0.15) is 0 Å². The summed E-state index contributed by atoms with van der Waals surface area (Å²) in [5.74, 6) is 0.721. The molecule has 1 rings (SSSR count). The van der Waals surface area contributed by atoms with Gasteiger partial charge >= 0.3 is 0 Å². The molecule has 1 atom stereocenters. The van der Waals surface area contributed by atoms with Crippen molar-refractivity contribution in [1.82, 2.24) is 0 Å². The number of aromatic hydroxyl groups is 1. The summed E-state index contributed by atoms with van der Waals surface area (Å²) in [6.07, 6.45) is 0.900. The highest BCUT2D eigenvalue weighted by Gasteiger charge is 2.04. The molecule has 0 heterocycles. The summed E-state index contributed by atoms with van der Waals surface area (Å²) in [6, 6.07) is 5.47. The first kappa shape index (κ1) is 10.4. The topological polar surface area (TPSA) is 29.5 Å². The number of hydrogen-bond acceptors (Lipinski definition) is 2. The molecule has 0 aliphatic heterocycles. The number of alkyl halides is 1. The quantitative estimate of drug-likeness (QED) is 0.829. The van der Waals surface area contributed by atoms with Crippen LogP contribution >= 0.6 is 15.9 Å². The van der Waals surface area contributed by atoms with Gasteiger partial charge in [0.25, 0.3) is 0 Å². The third-order valence-electron chi connectivity index (χ3n) is 1.76. The van der Waals surface area contributed by atoms with Crippen molar-refractivity contribution < 1.29 is 9.84 Å². The van der Waals surface area contributed by atoms with Gasteiger partial charge in [-0.25, -0.2) is 0 Å². The van der Waals surface area contributed by atoms with Crippen molar-refractivity contribution in [2.75, 3.05) is 7.11 Å². The lowest BCUT2D eigenvalue weighted by Crippen LogP contribution is -1.96. The van der Waals surface area contributed by atoms with E-state index in [9.17, 15) is 5.11 Å². The summed E-state index contributed by atoms with van der Waals surface area (Å²) in [4.78, 5) is 0.417. The second-order valence-corrected chi connectivity index (χ2v) is 4.55. The molecule has 1 aromatic rings. The van der Waals surface area contributed by atoms with E-state index >= 15 is 0 Å². The Balaban J connectivity index is 2.83. The third kappa shape index (κ3) is 2.92. The molecular formula is C10H13BrO2. The van der Waals surface area contributed by atoms with Crippen molar-refractivity contribution in [3.05, 3.63) is 23.8 Å². The second kappa shape index (κ2) is 4.51. The van der Waals surface area contributed by atoms with Crippen LogP contribution in [0.2, 0.25) is 0 Å². The zero-order valence-electron chi connectivity index (χ0n) is 7.75. The van der Waals surface area contributed by atoms with Crippen molar-refractivity contribution in [3.63, 3.8) is 0 Å². The molecule has 1 aromatic carbocycles. The van der Waals surface area contributed by atoms with E-state index in [0.717, 1.165) is 12.0 Å². The molecule has 1 N–H and O–H groups in total. The predicted molar refractivity (Wildman–Crippen MR) is 56.8 cm³/mol. The molecule has 0 saturated carbocycles. The first-order valence-corrected chi connectivity index (χ1v) is 5.05. The molecule has 0 fully saturated rings. The Morgan fingerprint density at radius 3 is 2.69 bits per heavy atom. The fourth-order valence-corrected chi connectivity index (χ4v) is 1.56. The number of phenols is 1. The highest BCUT2D eigenvalue weighted by atomic mass is 79.9. The summed E-state index contributed by atoms with van der Waals surface area (Å²) >= 11 is 3.46. The van der Waals surface area contributed by atoms with E-state index < -0.39 is 0 Å². The van der Waals surface area contributed by atoms with Gasteiger partial charge in [0.15, 0.2) is 11.5 Å². The number of methoxy groups -OCH3 is 1. The van der Waals surface area contributed by atoms with E-state index in [2.05, 4.69) is 22.9 Å². The van der Waals surface area contributed by atoms with Crippen LogP contribution in [0, 0.1) is 0 Å². The fourth-order valence-electron chi connectivity index (χ4n) is 1.19. The molecular weight excluding hydrogens is 232 g/mol. The van der Waals surface area contributed by atoms with Crippen LogP contribution in [0.1, 0.15) is 12.5 Å². The predicted octanol–water partition coefficient (Wildman–Crippen LogP) is 2.73. The highest BCUT2D eigenvalue weighted by Crippen LogP contribution is 2.27. The van der Waals surface area contributed by atoms with Crippen LogP contribution in [0.5, 0.6) is 11.5 Å². The molecule has 2 nitrogen and oxygen atoms in total. The van der Waals surface area contributed by atoms with E-state index in [-0.39, 0.29) is 5.75 Å². The minimum Gasteiger partial charge on any atom is -0.504 e. The number of halogens is 1. The lowest BCUT2D eigenvalue weighted by atomic mass is 10.1. The van der Waals surface area contributed by atoms with Gasteiger partial charge in [-0.15, -0.1) is 0 Å². The molecule has 3 heteroatoms. The minimum absolute atomic E-state index is 0.202. The first-order valence-electron chi connectivity index (χ1n) is 4.13. The molecule has 13 heavy (non-hydrogen) atoms. The van der Waals surface area contributed by atoms with Gasteiger partial charge in [-0.2, -0.15) is 0 Å². The van der Waals surface area contributed by atoms with Gasteiger partial charge in [0, 0.05) is 4.83 Å². The molecule has 0 amide bonds. The Kier molecular flexibility index (Phi) is 3.60. The van der Waals surface area contributed by atoms with Crippen molar-refractivity contribution in [3.8, 4) is 11.5 Å². The van der Waals surface area contributed by atoms with E-state index in [1.807, 2.05) is 6.07 Å². The highest BCUT2D eigenvalue weighted by molar-refractivity contribution is 9.09. The molecule has 0 aliphatic rings. The van der Waals surface area contributed by atoms with Gasteiger partial charge in [-0.05, 0) is 24.1 Å². The normalized spacial score (nSPS) is 12.5. The van der Waals surface area contributed by atoms with Crippen LogP contribution in [0.3, 0.4) is 0 Å². The molecule has 0 aliphatic carbocycles. The average Bonchev–Trinajstić information content (AvgIpc) is 2.03. The maximum Gasteiger partial charge on any atom is 0.160 e. The van der Waals surface area contributed by atoms with E-state index in [4.69, 9.17) is 4.74 Å². The Bertz CT molecular complexity index is 284. The maximum atomic E-state index is 9.46. The minimum atomic E-state index is 0.202. The lowest BCUT2D eigenvalue weighted by Gasteiger charge is -2.07. The monoisotopic (exact) mass is 244 g/mol. The molecule has 1 unspecified atom stereocenters. The van der Waals surface area contributed by atoms with E-state index in [1.165, 1.54) is 0 Å². The Labute approximate surface area is 86.7 Å². The zero-order chi connectivity index (χ0) is 9.84. The summed E-state index contributed by atoms with van der Waals surface area (Å²) in [6.45, 7) is 2.07. The van der Waals surface area contributed by atoms with Gasteiger partial charge in [-0.1, -0.05) is 28.9 Å². The SMILES string of the molecule is COc1ccc(CC(C)Br)cc1O. The van der Waals surface area contributed by atoms with Crippen LogP contribution in [-0.4, -0.2) is 17.0 Å². The lowest BCUT2D eigenvalue weighted by molar-refractivity contribution is 0.373.